The highest BCUT2D eigenvalue weighted by Crippen LogP contribution is 2.37. The summed E-state index contributed by atoms with van der Waals surface area (Å²) in [5.41, 5.74) is 4.31. The van der Waals surface area contributed by atoms with Gasteiger partial charge in [-0.15, -0.1) is 0 Å². The summed E-state index contributed by atoms with van der Waals surface area (Å²) in [5, 5.41) is 3.12. The second-order valence-corrected chi connectivity index (χ2v) is 10.6. The zero-order valence-corrected chi connectivity index (χ0v) is 22.9. The average Bonchev–Trinajstić information content (AvgIpc) is 2.91. The number of carbonyl (C=O) groups excluding carboxylic acids is 1. The van der Waals surface area contributed by atoms with Crippen LogP contribution in [0.3, 0.4) is 0 Å². The predicted octanol–water partition coefficient (Wildman–Crippen LogP) is 6.76. The fourth-order valence-corrected chi connectivity index (χ4v) is 4.57. The molecule has 1 N–H and O–H groups in total. The highest BCUT2D eigenvalue weighted by Gasteiger charge is 2.43. The van der Waals surface area contributed by atoms with Gasteiger partial charge >= 0.3 is 0 Å². The molecule has 1 aliphatic heterocycles. The molecule has 38 heavy (non-hydrogen) atoms. The van der Waals surface area contributed by atoms with Gasteiger partial charge in [-0.2, -0.15) is 0 Å². The average molecular weight is 518 g/mol. The largest absolute Gasteiger partial charge is 0.494 e. The molecule has 0 aromatic heterocycles. The van der Waals surface area contributed by atoms with Crippen LogP contribution >= 0.6 is 0 Å². The van der Waals surface area contributed by atoms with Gasteiger partial charge in [-0.05, 0) is 55.5 Å². The molecule has 0 radical (unpaired) electrons. The van der Waals surface area contributed by atoms with Gasteiger partial charge < -0.3 is 24.3 Å². The number of unbranched alkanes of at least 4 members (excludes halogenated alkanes) is 1. The maximum Gasteiger partial charge on any atom is 0.254 e. The van der Waals surface area contributed by atoms with Crippen LogP contribution in [0.4, 0.5) is 5.69 Å². The van der Waals surface area contributed by atoms with Gasteiger partial charge in [0.05, 0.1) is 19.8 Å². The smallest absolute Gasteiger partial charge is 0.254 e. The van der Waals surface area contributed by atoms with Gasteiger partial charge in [0.2, 0.25) is 0 Å². The Labute approximate surface area is 226 Å². The zero-order chi connectivity index (χ0) is 27.0. The third kappa shape index (κ3) is 7.44. The Balaban J connectivity index is 1.27. The third-order valence-corrected chi connectivity index (χ3v) is 6.70. The number of benzene rings is 3. The summed E-state index contributed by atoms with van der Waals surface area (Å²) in [6.45, 7) is 10.3. The van der Waals surface area contributed by atoms with Crippen LogP contribution < -0.4 is 10.1 Å². The van der Waals surface area contributed by atoms with Crippen molar-refractivity contribution < 1.29 is 23.7 Å². The summed E-state index contributed by atoms with van der Waals surface area (Å²) >= 11 is 0. The van der Waals surface area contributed by atoms with Crippen LogP contribution in [-0.4, -0.2) is 31.8 Å². The van der Waals surface area contributed by atoms with Gasteiger partial charge in [0, 0.05) is 23.3 Å². The Bertz CT molecular complexity index is 1160. The second-order valence-electron chi connectivity index (χ2n) is 10.6. The van der Waals surface area contributed by atoms with E-state index in [1.165, 1.54) is 5.56 Å². The van der Waals surface area contributed by atoms with Crippen LogP contribution in [-0.2, 0) is 25.6 Å². The van der Waals surface area contributed by atoms with Crippen LogP contribution in [0.15, 0.2) is 72.8 Å². The van der Waals surface area contributed by atoms with Crippen molar-refractivity contribution in [3.8, 4) is 5.75 Å². The van der Waals surface area contributed by atoms with Gasteiger partial charge in [0.1, 0.15) is 11.9 Å². The van der Waals surface area contributed by atoms with E-state index in [9.17, 15) is 4.79 Å². The molecule has 1 aliphatic rings. The number of hydrogen-bond donors (Lipinski definition) is 1. The molecule has 0 spiro atoms. The lowest BCUT2D eigenvalue weighted by atomic mass is 9.85. The molecular weight excluding hydrogens is 478 g/mol. The monoisotopic (exact) mass is 517 g/mol. The number of carbonyl (C=O) groups is 1. The first-order valence-electron chi connectivity index (χ1n) is 13.3. The van der Waals surface area contributed by atoms with Crippen molar-refractivity contribution >= 4 is 11.6 Å². The van der Waals surface area contributed by atoms with Crippen molar-refractivity contribution in [2.24, 2.45) is 5.41 Å². The number of ether oxygens (including phenoxy) is 4. The van der Waals surface area contributed by atoms with Crippen molar-refractivity contribution in [3.05, 3.63) is 95.1 Å². The molecule has 0 aliphatic carbocycles. The van der Waals surface area contributed by atoms with E-state index in [0.717, 1.165) is 41.0 Å². The number of amides is 1. The predicted molar refractivity (Wildman–Crippen MR) is 149 cm³/mol. The molecular formula is C32H39NO5. The summed E-state index contributed by atoms with van der Waals surface area (Å²) in [6, 6.07) is 23.8. The molecule has 0 bridgehead atoms. The van der Waals surface area contributed by atoms with E-state index in [4.69, 9.17) is 18.9 Å². The second kappa shape index (κ2) is 13.1. The molecule has 6 nitrogen and oxygen atoms in total. The first-order chi connectivity index (χ1) is 18.3. The summed E-state index contributed by atoms with van der Waals surface area (Å²) in [4.78, 5) is 13.4. The fraction of sp³-hybridized carbons (Fsp3) is 0.406. The van der Waals surface area contributed by atoms with Crippen molar-refractivity contribution in [1.82, 2.24) is 0 Å². The number of hydrogen-bond acceptors (Lipinski definition) is 5. The number of nitrogens with one attached hydrogen (secondary N) is 1. The van der Waals surface area contributed by atoms with Crippen molar-refractivity contribution in [2.75, 3.05) is 25.1 Å². The van der Waals surface area contributed by atoms with Crippen molar-refractivity contribution in [1.29, 1.82) is 0 Å². The van der Waals surface area contributed by atoms with Gasteiger partial charge in [-0.25, -0.2) is 0 Å². The lowest BCUT2D eigenvalue weighted by molar-refractivity contribution is -0.256. The van der Waals surface area contributed by atoms with E-state index < -0.39 is 17.8 Å². The minimum atomic E-state index is -0.653. The Hall–Kier alpha value is -3.19. The van der Waals surface area contributed by atoms with Gasteiger partial charge in [0.15, 0.2) is 6.29 Å². The quantitative estimate of drug-likeness (QED) is 0.285. The molecule has 1 fully saturated rings. The Morgan fingerprint density at radius 3 is 2.26 bits per heavy atom. The summed E-state index contributed by atoms with van der Waals surface area (Å²) in [6.07, 6.45) is 0.621. The van der Waals surface area contributed by atoms with E-state index in [-0.39, 0.29) is 5.91 Å². The van der Waals surface area contributed by atoms with Gasteiger partial charge in [0.25, 0.3) is 5.91 Å². The minimum Gasteiger partial charge on any atom is -0.494 e. The highest BCUT2D eigenvalue weighted by molar-refractivity contribution is 5.96. The maximum atomic E-state index is 13.4. The molecule has 4 rings (SSSR count). The van der Waals surface area contributed by atoms with Crippen LogP contribution in [0.1, 0.15) is 55.2 Å². The molecule has 1 saturated heterocycles. The molecule has 2 atom stereocenters. The van der Waals surface area contributed by atoms with Gasteiger partial charge in [-0.3, -0.25) is 4.79 Å². The van der Waals surface area contributed by atoms with E-state index >= 15 is 0 Å². The SMILES string of the molecule is Cc1cc(OCCCCOCc2ccccc2)cc(C)c1NC(=O)C1OC(c2ccccc2)OCC1(C)C. The molecule has 0 saturated carbocycles. The Kier molecular flexibility index (Phi) is 9.56. The number of aryl methyl sites for hydroxylation is 2. The molecule has 3 aromatic carbocycles. The van der Waals surface area contributed by atoms with E-state index in [2.05, 4.69) is 17.4 Å². The van der Waals surface area contributed by atoms with Crippen LogP contribution in [0, 0.1) is 19.3 Å². The highest BCUT2D eigenvalue weighted by atomic mass is 16.7. The lowest BCUT2D eigenvalue weighted by Gasteiger charge is -2.41. The molecule has 1 amide bonds. The topological polar surface area (TPSA) is 66.0 Å². The van der Waals surface area contributed by atoms with Crippen molar-refractivity contribution in [3.63, 3.8) is 0 Å². The number of rotatable bonds is 11. The molecule has 202 valence electrons. The van der Waals surface area contributed by atoms with Crippen molar-refractivity contribution in [2.45, 2.75) is 59.5 Å². The van der Waals surface area contributed by atoms with E-state index in [1.807, 2.05) is 88.4 Å². The Morgan fingerprint density at radius 1 is 0.947 bits per heavy atom. The van der Waals surface area contributed by atoms with Crippen LogP contribution in [0.25, 0.3) is 0 Å². The normalized spacial score (nSPS) is 18.6. The van der Waals surface area contributed by atoms with Gasteiger partial charge in [-0.1, -0.05) is 74.5 Å². The molecule has 2 unspecified atom stereocenters. The van der Waals surface area contributed by atoms with E-state index in [1.54, 1.807) is 0 Å². The first kappa shape index (κ1) is 27.8. The first-order valence-corrected chi connectivity index (χ1v) is 13.3. The zero-order valence-electron chi connectivity index (χ0n) is 22.9. The molecule has 1 heterocycles. The summed E-state index contributed by atoms with van der Waals surface area (Å²) in [5.74, 6) is 0.629. The minimum absolute atomic E-state index is 0.172. The Morgan fingerprint density at radius 2 is 1.58 bits per heavy atom. The van der Waals surface area contributed by atoms with Crippen LogP contribution in [0.5, 0.6) is 5.75 Å². The lowest BCUT2D eigenvalue weighted by Crippen LogP contribution is -2.49. The van der Waals surface area contributed by atoms with E-state index in [0.29, 0.717) is 26.4 Å². The maximum absolute atomic E-state index is 13.4. The molecule has 6 heteroatoms. The summed E-state index contributed by atoms with van der Waals surface area (Å²) < 4.78 is 23.9. The fourth-order valence-electron chi connectivity index (χ4n) is 4.57. The number of anilines is 1. The standard InChI is InChI=1S/C32H39NO5/c1-23-19-27(36-18-12-11-17-35-21-25-13-7-5-8-14-25)20-24(2)28(23)33-30(34)29-32(3,4)22-37-31(38-29)26-15-9-6-10-16-26/h5-10,13-16,19-20,29,31H,11-12,17-18,21-22H2,1-4H3,(H,33,34). The summed E-state index contributed by atoms with van der Waals surface area (Å²) in [7, 11) is 0. The van der Waals surface area contributed by atoms with Crippen LogP contribution in [0.2, 0.25) is 0 Å². The molecule has 3 aromatic rings. The third-order valence-electron chi connectivity index (χ3n) is 6.70.